The third-order valence-corrected chi connectivity index (χ3v) is 4.17. The first-order valence-corrected chi connectivity index (χ1v) is 8.99. The van der Waals surface area contributed by atoms with Gasteiger partial charge in [-0.15, -0.1) is 10.2 Å². The van der Waals surface area contributed by atoms with Crippen molar-refractivity contribution >= 4 is 23.4 Å². The van der Waals surface area contributed by atoms with Crippen LogP contribution in [0.15, 0.2) is 64.2 Å². The van der Waals surface area contributed by atoms with Gasteiger partial charge in [0.25, 0.3) is 11.1 Å². The summed E-state index contributed by atoms with van der Waals surface area (Å²) < 4.78 is 48.9. The zero-order valence-corrected chi connectivity index (χ0v) is 15.1. The van der Waals surface area contributed by atoms with Gasteiger partial charge in [-0.2, -0.15) is 13.2 Å². The van der Waals surface area contributed by atoms with Crippen molar-refractivity contribution in [3.63, 3.8) is 0 Å². The minimum absolute atomic E-state index is 0.0582. The third-order valence-electron chi connectivity index (χ3n) is 3.35. The van der Waals surface area contributed by atoms with E-state index < -0.39 is 17.6 Å². The first kappa shape index (κ1) is 19.7. The molecule has 6 nitrogen and oxygen atoms in total. The smallest absolute Gasteiger partial charge is 0.416 e. The number of ether oxygens (including phenoxy) is 1. The molecule has 146 valence electrons. The van der Waals surface area contributed by atoms with Crippen LogP contribution in [0, 0.1) is 0 Å². The lowest BCUT2D eigenvalue weighted by Crippen LogP contribution is -2.15. The predicted molar refractivity (Wildman–Crippen MR) is 95.9 cm³/mol. The highest BCUT2D eigenvalue weighted by Crippen LogP contribution is 2.30. The summed E-state index contributed by atoms with van der Waals surface area (Å²) in [7, 11) is 0. The highest BCUT2D eigenvalue weighted by Gasteiger charge is 2.30. The Morgan fingerprint density at radius 3 is 2.64 bits per heavy atom. The molecule has 0 aliphatic rings. The lowest BCUT2D eigenvalue weighted by Gasteiger charge is -2.09. The fourth-order valence-corrected chi connectivity index (χ4v) is 2.69. The summed E-state index contributed by atoms with van der Waals surface area (Å²) in [5.41, 5.74) is -0.777. The Kier molecular flexibility index (Phi) is 6.19. The lowest BCUT2D eigenvalue weighted by molar-refractivity contribution is -0.137. The van der Waals surface area contributed by atoms with Crippen LogP contribution in [0.25, 0.3) is 0 Å². The Hall–Kier alpha value is -3.01. The second-order valence-electron chi connectivity index (χ2n) is 5.48. The number of halogens is 3. The Morgan fingerprint density at radius 1 is 1.11 bits per heavy atom. The molecular weight excluding hydrogens is 395 g/mol. The number of rotatable bonds is 7. The predicted octanol–water partition coefficient (Wildman–Crippen LogP) is 4.40. The molecule has 3 rings (SSSR count). The largest absolute Gasteiger partial charge is 0.484 e. The molecule has 3 aromatic rings. The number of carbonyl (C=O) groups is 1. The number of nitrogens with one attached hydrogen (secondary N) is 1. The topological polar surface area (TPSA) is 77.2 Å². The second-order valence-corrected chi connectivity index (χ2v) is 6.41. The summed E-state index contributed by atoms with van der Waals surface area (Å²) in [6.07, 6.45) is -4.47. The summed E-state index contributed by atoms with van der Waals surface area (Å²) in [6.45, 7) is 0.0774. The zero-order chi connectivity index (χ0) is 20.0. The summed E-state index contributed by atoms with van der Waals surface area (Å²) in [4.78, 5) is 11.9. The molecule has 1 amide bonds. The quantitative estimate of drug-likeness (QED) is 0.583. The molecule has 28 heavy (non-hydrogen) atoms. The number of hydrogen-bond donors (Lipinski definition) is 1. The number of nitrogens with zero attached hydrogens (tertiary/aromatic N) is 2. The Balaban J connectivity index is 1.48. The van der Waals surface area contributed by atoms with Crippen LogP contribution in [0.2, 0.25) is 0 Å². The van der Waals surface area contributed by atoms with Gasteiger partial charge in [0.15, 0.2) is 6.61 Å². The molecule has 0 unspecified atom stereocenters. The fraction of sp³-hybridized carbons (Fsp3) is 0.167. The van der Waals surface area contributed by atoms with E-state index in [1.54, 1.807) is 12.1 Å². The molecule has 10 heteroatoms. The van der Waals surface area contributed by atoms with E-state index in [1.807, 2.05) is 18.2 Å². The SMILES string of the molecule is O=C(CSc1nnc(COc2ccccc2)o1)Nc1cccc(C(F)(F)F)c1. The van der Waals surface area contributed by atoms with Gasteiger partial charge in [-0.05, 0) is 30.3 Å². The summed E-state index contributed by atoms with van der Waals surface area (Å²) in [5, 5.41) is 10.2. The highest BCUT2D eigenvalue weighted by molar-refractivity contribution is 7.99. The maximum atomic E-state index is 12.7. The zero-order valence-electron chi connectivity index (χ0n) is 14.3. The van der Waals surface area contributed by atoms with Gasteiger partial charge in [-0.1, -0.05) is 36.0 Å². The average molecular weight is 409 g/mol. The van der Waals surface area contributed by atoms with Crippen molar-refractivity contribution in [2.24, 2.45) is 0 Å². The van der Waals surface area contributed by atoms with E-state index in [9.17, 15) is 18.0 Å². The molecule has 0 aliphatic heterocycles. The fourth-order valence-electron chi connectivity index (χ4n) is 2.11. The number of para-hydroxylation sites is 1. The monoisotopic (exact) mass is 409 g/mol. The number of alkyl halides is 3. The first-order chi connectivity index (χ1) is 13.4. The number of aromatic nitrogens is 2. The Labute approximate surface area is 162 Å². The number of benzene rings is 2. The van der Waals surface area contributed by atoms with E-state index >= 15 is 0 Å². The van der Waals surface area contributed by atoms with E-state index in [0.717, 1.165) is 23.9 Å². The molecule has 0 saturated carbocycles. The molecule has 0 spiro atoms. The molecule has 0 fully saturated rings. The maximum absolute atomic E-state index is 12.7. The van der Waals surface area contributed by atoms with E-state index in [4.69, 9.17) is 9.15 Å². The molecule has 0 radical (unpaired) electrons. The van der Waals surface area contributed by atoms with Gasteiger partial charge in [-0.3, -0.25) is 4.79 Å². The van der Waals surface area contributed by atoms with E-state index in [-0.39, 0.29) is 29.2 Å². The van der Waals surface area contributed by atoms with Gasteiger partial charge in [0.1, 0.15) is 5.75 Å². The standard InChI is InChI=1S/C18H14F3N3O3S/c19-18(20,21)12-5-4-6-13(9-12)22-15(25)11-28-17-24-23-16(27-17)10-26-14-7-2-1-3-8-14/h1-9H,10-11H2,(H,22,25). The summed E-state index contributed by atoms with van der Waals surface area (Å²) >= 11 is 0.970. The molecule has 1 N–H and O–H groups in total. The molecule has 0 aliphatic carbocycles. The Morgan fingerprint density at radius 2 is 1.89 bits per heavy atom. The maximum Gasteiger partial charge on any atom is 0.416 e. The Bertz CT molecular complexity index is 932. The van der Waals surface area contributed by atoms with Crippen LogP contribution in [-0.2, 0) is 17.6 Å². The average Bonchev–Trinajstić information content (AvgIpc) is 3.13. The molecule has 0 atom stereocenters. The number of thioether (sulfide) groups is 1. The van der Waals surface area contributed by atoms with Gasteiger partial charge < -0.3 is 14.5 Å². The van der Waals surface area contributed by atoms with Crippen LogP contribution in [0.4, 0.5) is 18.9 Å². The van der Waals surface area contributed by atoms with Crippen LogP contribution in [0.5, 0.6) is 5.75 Å². The number of hydrogen-bond acceptors (Lipinski definition) is 6. The summed E-state index contributed by atoms with van der Waals surface area (Å²) in [5.74, 6) is 0.293. The van der Waals surface area contributed by atoms with Gasteiger partial charge >= 0.3 is 6.18 Å². The summed E-state index contributed by atoms with van der Waals surface area (Å²) in [6, 6.07) is 13.5. The molecule has 0 saturated heterocycles. The van der Waals surface area contributed by atoms with Crippen molar-refractivity contribution in [2.45, 2.75) is 18.0 Å². The van der Waals surface area contributed by atoms with Crippen LogP contribution < -0.4 is 10.1 Å². The molecule has 2 aromatic carbocycles. The molecular formula is C18H14F3N3O3S. The highest BCUT2D eigenvalue weighted by atomic mass is 32.2. The van der Waals surface area contributed by atoms with E-state index in [2.05, 4.69) is 15.5 Å². The van der Waals surface area contributed by atoms with E-state index in [1.165, 1.54) is 12.1 Å². The van der Waals surface area contributed by atoms with Gasteiger partial charge in [0.05, 0.1) is 11.3 Å². The van der Waals surface area contributed by atoms with Gasteiger partial charge in [0.2, 0.25) is 5.91 Å². The lowest BCUT2D eigenvalue weighted by atomic mass is 10.2. The van der Waals surface area contributed by atoms with Crippen LogP contribution in [0.3, 0.4) is 0 Å². The van der Waals surface area contributed by atoms with E-state index in [0.29, 0.717) is 5.75 Å². The van der Waals surface area contributed by atoms with Crippen molar-refractivity contribution in [1.82, 2.24) is 10.2 Å². The van der Waals surface area contributed by atoms with Crippen LogP contribution in [0.1, 0.15) is 11.5 Å². The molecule has 1 heterocycles. The number of anilines is 1. The van der Waals surface area contributed by atoms with Crippen molar-refractivity contribution < 1.29 is 27.1 Å². The van der Waals surface area contributed by atoms with Gasteiger partial charge in [-0.25, -0.2) is 0 Å². The minimum atomic E-state index is -4.47. The second kappa shape index (κ2) is 8.79. The molecule has 1 aromatic heterocycles. The van der Waals surface area contributed by atoms with Crippen molar-refractivity contribution in [3.05, 3.63) is 66.1 Å². The van der Waals surface area contributed by atoms with Crippen LogP contribution >= 0.6 is 11.8 Å². The third kappa shape index (κ3) is 5.74. The normalized spacial score (nSPS) is 11.2. The molecule has 0 bridgehead atoms. The number of carbonyl (C=O) groups excluding carboxylic acids is 1. The number of amides is 1. The van der Waals surface area contributed by atoms with Crippen molar-refractivity contribution in [2.75, 3.05) is 11.1 Å². The minimum Gasteiger partial charge on any atom is -0.484 e. The van der Waals surface area contributed by atoms with Crippen molar-refractivity contribution in [3.8, 4) is 5.75 Å². The van der Waals surface area contributed by atoms with Gasteiger partial charge in [0, 0.05) is 5.69 Å². The van der Waals surface area contributed by atoms with Crippen LogP contribution in [-0.4, -0.2) is 21.9 Å². The van der Waals surface area contributed by atoms with Crippen molar-refractivity contribution in [1.29, 1.82) is 0 Å². The first-order valence-electron chi connectivity index (χ1n) is 8.00.